The van der Waals surface area contributed by atoms with Gasteiger partial charge in [-0.3, -0.25) is 9.59 Å². The third-order valence-corrected chi connectivity index (χ3v) is 7.11. The third kappa shape index (κ3) is 5.90. The summed E-state index contributed by atoms with van der Waals surface area (Å²) >= 11 is 6.92. The highest BCUT2D eigenvalue weighted by Crippen LogP contribution is 2.28. The standard InChI is InChI=1S/C24H26ClFN6O3S/c1-4-18(33)31-24-30-14(3)20(36-24)23(34)29-13(2)15-5-7-16(8-6-15)35-17-9-10-32(11-17)22-19(26)21(25)27-12-28-22/h5-8,12-13,17H,4,9-11H2,1-3H3,(H,29,34)(H,30,31,33)/t13-,17+/m0/s1. The van der Waals surface area contributed by atoms with Gasteiger partial charge in [-0.15, -0.1) is 0 Å². The van der Waals surface area contributed by atoms with Gasteiger partial charge in [0.15, 0.2) is 16.1 Å². The Kier molecular flexibility index (Phi) is 8.00. The van der Waals surface area contributed by atoms with E-state index in [1.54, 1.807) is 18.7 Å². The molecule has 12 heteroatoms. The molecule has 9 nitrogen and oxygen atoms in total. The molecule has 3 aromatic rings. The molecule has 0 unspecified atom stereocenters. The molecule has 0 aliphatic carbocycles. The summed E-state index contributed by atoms with van der Waals surface area (Å²) in [6.45, 7) is 6.45. The van der Waals surface area contributed by atoms with E-state index in [1.165, 1.54) is 6.33 Å². The highest BCUT2D eigenvalue weighted by molar-refractivity contribution is 7.17. The molecule has 0 saturated carbocycles. The first-order valence-electron chi connectivity index (χ1n) is 11.5. The van der Waals surface area contributed by atoms with Crippen molar-refractivity contribution >= 4 is 45.7 Å². The second-order valence-electron chi connectivity index (χ2n) is 8.38. The molecule has 0 bridgehead atoms. The van der Waals surface area contributed by atoms with Gasteiger partial charge in [-0.2, -0.15) is 4.39 Å². The molecule has 2 N–H and O–H groups in total. The van der Waals surface area contributed by atoms with Crippen LogP contribution >= 0.6 is 22.9 Å². The van der Waals surface area contributed by atoms with Gasteiger partial charge in [-0.25, -0.2) is 15.0 Å². The average molecular weight is 533 g/mol. The Bertz CT molecular complexity index is 1260. The van der Waals surface area contributed by atoms with Crippen LogP contribution < -0.4 is 20.3 Å². The lowest BCUT2D eigenvalue weighted by atomic mass is 10.1. The van der Waals surface area contributed by atoms with Gasteiger partial charge in [0.25, 0.3) is 5.91 Å². The number of hydrogen-bond donors (Lipinski definition) is 2. The van der Waals surface area contributed by atoms with Crippen LogP contribution in [-0.2, 0) is 4.79 Å². The van der Waals surface area contributed by atoms with Gasteiger partial charge in [0.05, 0.1) is 18.3 Å². The van der Waals surface area contributed by atoms with E-state index >= 15 is 0 Å². The Balaban J connectivity index is 1.33. The molecule has 2 aromatic heterocycles. The normalized spacial score (nSPS) is 16.0. The van der Waals surface area contributed by atoms with E-state index in [1.807, 2.05) is 31.2 Å². The molecule has 1 fully saturated rings. The van der Waals surface area contributed by atoms with Crippen molar-refractivity contribution in [2.75, 3.05) is 23.3 Å². The number of benzene rings is 1. The lowest BCUT2D eigenvalue weighted by molar-refractivity contribution is -0.115. The molecule has 1 aromatic carbocycles. The number of carbonyl (C=O) groups excluding carboxylic acids is 2. The van der Waals surface area contributed by atoms with Crippen molar-refractivity contribution in [3.63, 3.8) is 0 Å². The molecule has 2 atom stereocenters. The van der Waals surface area contributed by atoms with Crippen LogP contribution in [0.1, 0.15) is 53.7 Å². The molecule has 1 aliphatic heterocycles. The Hall–Kier alpha value is -3.31. The maximum Gasteiger partial charge on any atom is 0.263 e. The summed E-state index contributed by atoms with van der Waals surface area (Å²) in [7, 11) is 0. The summed E-state index contributed by atoms with van der Waals surface area (Å²) in [5.74, 6) is -0.173. The predicted molar refractivity (Wildman–Crippen MR) is 136 cm³/mol. The number of amides is 2. The van der Waals surface area contributed by atoms with Crippen LogP contribution in [0.4, 0.5) is 15.3 Å². The van der Waals surface area contributed by atoms with E-state index in [9.17, 15) is 14.0 Å². The molecule has 2 amide bonds. The fourth-order valence-electron chi connectivity index (χ4n) is 3.82. The van der Waals surface area contributed by atoms with E-state index in [2.05, 4.69) is 25.6 Å². The van der Waals surface area contributed by atoms with Crippen LogP contribution in [0.25, 0.3) is 0 Å². The highest BCUT2D eigenvalue weighted by atomic mass is 35.5. The topological polar surface area (TPSA) is 109 Å². The number of rotatable bonds is 8. The zero-order valence-electron chi connectivity index (χ0n) is 20.0. The lowest BCUT2D eigenvalue weighted by Crippen LogP contribution is -2.27. The molecule has 36 heavy (non-hydrogen) atoms. The molecule has 1 aliphatic rings. The maximum absolute atomic E-state index is 14.2. The van der Waals surface area contributed by atoms with Crippen molar-refractivity contribution in [1.82, 2.24) is 20.3 Å². The number of carbonyl (C=O) groups is 2. The predicted octanol–water partition coefficient (Wildman–Crippen LogP) is 4.53. The Morgan fingerprint density at radius 3 is 2.78 bits per heavy atom. The second kappa shape index (κ2) is 11.2. The van der Waals surface area contributed by atoms with Gasteiger partial charge in [-0.05, 0) is 31.5 Å². The van der Waals surface area contributed by atoms with E-state index in [-0.39, 0.29) is 34.9 Å². The number of aromatic nitrogens is 3. The van der Waals surface area contributed by atoms with Gasteiger partial charge in [0.2, 0.25) is 11.7 Å². The summed E-state index contributed by atoms with van der Waals surface area (Å²) in [6.07, 6.45) is 2.17. The van der Waals surface area contributed by atoms with Crippen LogP contribution in [0.2, 0.25) is 5.15 Å². The SMILES string of the molecule is CCC(=O)Nc1nc(C)c(C(=O)N[C@@H](C)c2ccc(O[C@@H]3CCN(c4ncnc(Cl)c4F)C3)cc2)s1. The molecule has 3 heterocycles. The van der Waals surface area contributed by atoms with E-state index in [0.717, 1.165) is 16.9 Å². The highest BCUT2D eigenvalue weighted by Gasteiger charge is 2.28. The van der Waals surface area contributed by atoms with Crippen molar-refractivity contribution in [2.24, 2.45) is 0 Å². The molecular formula is C24H26ClFN6O3S. The summed E-state index contributed by atoms with van der Waals surface area (Å²) in [4.78, 5) is 38.5. The van der Waals surface area contributed by atoms with Crippen LogP contribution in [0.3, 0.4) is 0 Å². The van der Waals surface area contributed by atoms with Crippen LogP contribution in [0, 0.1) is 12.7 Å². The van der Waals surface area contributed by atoms with E-state index < -0.39 is 5.82 Å². The quantitative estimate of drug-likeness (QED) is 0.410. The number of anilines is 2. The fraction of sp³-hybridized carbons (Fsp3) is 0.375. The van der Waals surface area contributed by atoms with Crippen LogP contribution in [0.15, 0.2) is 30.6 Å². The number of aryl methyl sites for hydroxylation is 1. The molecule has 0 spiro atoms. The monoisotopic (exact) mass is 532 g/mol. The van der Waals surface area contributed by atoms with Gasteiger partial charge in [0.1, 0.15) is 23.1 Å². The molecule has 1 saturated heterocycles. The zero-order valence-corrected chi connectivity index (χ0v) is 21.6. The smallest absolute Gasteiger partial charge is 0.263 e. The second-order valence-corrected chi connectivity index (χ2v) is 9.73. The molecular weight excluding hydrogens is 507 g/mol. The molecule has 0 radical (unpaired) electrons. The number of nitrogens with one attached hydrogen (secondary N) is 2. The minimum absolute atomic E-state index is 0.127. The summed E-state index contributed by atoms with van der Waals surface area (Å²) < 4.78 is 20.3. The van der Waals surface area contributed by atoms with Crippen molar-refractivity contribution in [3.8, 4) is 5.75 Å². The first-order chi connectivity index (χ1) is 17.2. The minimum Gasteiger partial charge on any atom is -0.489 e. The van der Waals surface area contributed by atoms with E-state index in [4.69, 9.17) is 16.3 Å². The fourth-order valence-corrected chi connectivity index (χ4v) is 4.83. The number of nitrogens with zero attached hydrogens (tertiary/aromatic N) is 4. The number of ether oxygens (including phenoxy) is 1. The summed E-state index contributed by atoms with van der Waals surface area (Å²) in [6, 6.07) is 7.22. The van der Waals surface area contributed by atoms with Gasteiger partial charge >= 0.3 is 0 Å². The van der Waals surface area contributed by atoms with Crippen molar-refractivity contribution in [1.29, 1.82) is 0 Å². The van der Waals surface area contributed by atoms with Gasteiger partial charge in [-0.1, -0.05) is 42.0 Å². The summed E-state index contributed by atoms with van der Waals surface area (Å²) in [5, 5.41) is 5.87. The number of halogens is 2. The zero-order chi connectivity index (χ0) is 25.8. The first kappa shape index (κ1) is 25.8. The van der Waals surface area contributed by atoms with Gasteiger partial charge in [0, 0.05) is 19.4 Å². The largest absolute Gasteiger partial charge is 0.489 e. The van der Waals surface area contributed by atoms with Crippen molar-refractivity contribution in [2.45, 2.75) is 45.8 Å². The minimum atomic E-state index is -0.629. The number of thiazole rings is 1. The summed E-state index contributed by atoms with van der Waals surface area (Å²) in [5.41, 5.74) is 1.47. The Labute approximate surface area is 217 Å². The maximum atomic E-state index is 14.2. The Morgan fingerprint density at radius 2 is 2.06 bits per heavy atom. The van der Waals surface area contributed by atoms with Crippen LogP contribution in [0.5, 0.6) is 5.75 Å². The molecule has 190 valence electrons. The van der Waals surface area contributed by atoms with Crippen LogP contribution in [-0.4, -0.2) is 46.0 Å². The average Bonchev–Trinajstić information content (AvgIpc) is 3.47. The van der Waals surface area contributed by atoms with Crippen molar-refractivity contribution < 1.29 is 18.7 Å². The van der Waals surface area contributed by atoms with Crippen molar-refractivity contribution in [3.05, 3.63) is 57.7 Å². The third-order valence-electron chi connectivity index (χ3n) is 5.77. The lowest BCUT2D eigenvalue weighted by Gasteiger charge is -2.19. The van der Waals surface area contributed by atoms with Gasteiger partial charge < -0.3 is 20.3 Å². The Morgan fingerprint density at radius 1 is 1.31 bits per heavy atom. The van der Waals surface area contributed by atoms with E-state index in [0.29, 0.717) is 47.4 Å². The molecule has 4 rings (SSSR count). The number of hydrogen-bond acceptors (Lipinski definition) is 8. The first-order valence-corrected chi connectivity index (χ1v) is 12.7.